The fourth-order valence-electron chi connectivity index (χ4n) is 2.14. The van der Waals surface area contributed by atoms with Crippen LogP contribution in [0.3, 0.4) is 0 Å². The Balaban J connectivity index is 2.30. The summed E-state index contributed by atoms with van der Waals surface area (Å²) in [5, 5.41) is 0. The molecule has 2 rings (SSSR count). The maximum absolute atomic E-state index is 5.81. The van der Waals surface area contributed by atoms with Crippen LogP contribution in [0, 0.1) is 12.8 Å². The minimum absolute atomic E-state index is 0.439. The molecule has 98 valence electrons. The summed E-state index contributed by atoms with van der Waals surface area (Å²) in [4.78, 5) is 7.44. The van der Waals surface area contributed by atoms with Crippen molar-refractivity contribution in [2.75, 3.05) is 18.0 Å². The molecule has 0 amide bonds. The van der Waals surface area contributed by atoms with Crippen LogP contribution in [0.2, 0.25) is 0 Å². The molecule has 2 N–H and O–H groups in total. The Hall–Kier alpha value is -1.16. The summed E-state index contributed by atoms with van der Waals surface area (Å²) in [6.07, 6.45) is 3.79. The first-order valence-corrected chi connectivity index (χ1v) is 7.05. The van der Waals surface area contributed by atoms with E-state index in [1.165, 1.54) is 12.8 Å². The lowest BCUT2D eigenvalue weighted by molar-refractivity contribution is 0.697. The zero-order valence-electron chi connectivity index (χ0n) is 11.1. The molecule has 0 spiro atoms. The molecule has 1 heterocycles. The molecule has 0 bridgehead atoms. The van der Waals surface area contributed by atoms with E-state index in [0.717, 1.165) is 42.5 Å². The van der Waals surface area contributed by atoms with Gasteiger partial charge in [-0.15, -0.1) is 0 Å². The highest BCUT2D eigenvalue weighted by molar-refractivity contribution is 7.80. The van der Waals surface area contributed by atoms with Crippen LogP contribution in [0.5, 0.6) is 0 Å². The third kappa shape index (κ3) is 3.19. The number of aromatic nitrogens is 1. The second kappa shape index (κ2) is 5.65. The van der Waals surface area contributed by atoms with Crippen molar-refractivity contribution in [3.8, 4) is 0 Å². The van der Waals surface area contributed by atoms with Crippen LogP contribution in [0.1, 0.15) is 37.4 Å². The SMILES string of the molecule is CCCN(CC1CC1)c1nc(C)ccc1C(N)=S. The maximum Gasteiger partial charge on any atom is 0.139 e. The molecule has 0 saturated heterocycles. The number of thiocarbonyl (C=S) groups is 1. The van der Waals surface area contributed by atoms with Crippen LogP contribution >= 0.6 is 12.2 Å². The Morgan fingerprint density at radius 2 is 2.22 bits per heavy atom. The van der Waals surface area contributed by atoms with Crippen LogP contribution in [-0.4, -0.2) is 23.1 Å². The van der Waals surface area contributed by atoms with Crippen molar-refractivity contribution >= 4 is 23.0 Å². The number of anilines is 1. The van der Waals surface area contributed by atoms with Gasteiger partial charge in [0.05, 0.1) is 5.56 Å². The topological polar surface area (TPSA) is 42.2 Å². The normalized spacial score (nSPS) is 14.6. The fraction of sp³-hybridized carbons (Fsp3) is 0.571. The van der Waals surface area contributed by atoms with Crippen molar-refractivity contribution in [3.05, 3.63) is 23.4 Å². The van der Waals surface area contributed by atoms with Gasteiger partial charge in [-0.05, 0) is 44.2 Å². The molecule has 1 saturated carbocycles. The van der Waals surface area contributed by atoms with Crippen molar-refractivity contribution in [3.63, 3.8) is 0 Å². The largest absolute Gasteiger partial charge is 0.389 e. The molecular formula is C14H21N3S. The van der Waals surface area contributed by atoms with Crippen LogP contribution < -0.4 is 10.6 Å². The minimum Gasteiger partial charge on any atom is -0.389 e. The van der Waals surface area contributed by atoms with E-state index in [0.29, 0.717) is 4.99 Å². The summed E-state index contributed by atoms with van der Waals surface area (Å²) in [7, 11) is 0. The second-order valence-corrected chi connectivity index (χ2v) is 5.52. The third-order valence-corrected chi connectivity index (χ3v) is 3.47. The van der Waals surface area contributed by atoms with Crippen molar-refractivity contribution < 1.29 is 0 Å². The number of hydrogen-bond donors (Lipinski definition) is 1. The molecule has 1 aliphatic rings. The van der Waals surface area contributed by atoms with Gasteiger partial charge in [-0.25, -0.2) is 4.98 Å². The lowest BCUT2D eigenvalue weighted by atomic mass is 10.2. The first kappa shape index (κ1) is 13.3. The molecule has 1 aromatic rings. The van der Waals surface area contributed by atoms with Crippen molar-refractivity contribution in [1.82, 2.24) is 4.98 Å². The fourth-order valence-corrected chi connectivity index (χ4v) is 2.30. The molecule has 0 aliphatic heterocycles. The van der Waals surface area contributed by atoms with Gasteiger partial charge in [-0.2, -0.15) is 0 Å². The van der Waals surface area contributed by atoms with E-state index in [2.05, 4.69) is 16.8 Å². The monoisotopic (exact) mass is 263 g/mol. The van der Waals surface area contributed by atoms with Gasteiger partial charge in [0.1, 0.15) is 10.8 Å². The second-order valence-electron chi connectivity index (χ2n) is 5.08. The van der Waals surface area contributed by atoms with Crippen LogP contribution in [0.4, 0.5) is 5.82 Å². The standard InChI is InChI=1S/C14H21N3S/c1-3-8-17(9-11-5-6-11)14-12(13(15)18)7-4-10(2)16-14/h4,7,11H,3,5-6,8-9H2,1-2H3,(H2,15,18). The maximum atomic E-state index is 5.81. The van der Waals surface area contributed by atoms with Gasteiger partial charge in [0, 0.05) is 18.8 Å². The van der Waals surface area contributed by atoms with Gasteiger partial charge in [0.2, 0.25) is 0 Å². The van der Waals surface area contributed by atoms with E-state index in [1.54, 1.807) is 0 Å². The van der Waals surface area contributed by atoms with Gasteiger partial charge >= 0.3 is 0 Å². The number of hydrogen-bond acceptors (Lipinski definition) is 3. The van der Waals surface area contributed by atoms with Crippen LogP contribution in [-0.2, 0) is 0 Å². The summed E-state index contributed by atoms with van der Waals surface area (Å²) in [5.41, 5.74) is 7.73. The number of rotatable bonds is 6. The van der Waals surface area contributed by atoms with Gasteiger partial charge in [0.25, 0.3) is 0 Å². The zero-order chi connectivity index (χ0) is 13.1. The van der Waals surface area contributed by atoms with Crippen molar-refractivity contribution in [2.45, 2.75) is 33.1 Å². The minimum atomic E-state index is 0.439. The summed E-state index contributed by atoms with van der Waals surface area (Å²) >= 11 is 5.14. The van der Waals surface area contributed by atoms with Gasteiger partial charge in [-0.3, -0.25) is 0 Å². The number of pyridine rings is 1. The molecule has 3 nitrogen and oxygen atoms in total. The summed E-state index contributed by atoms with van der Waals surface area (Å²) < 4.78 is 0. The Bertz CT molecular complexity index is 441. The summed E-state index contributed by atoms with van der Waals surface area (Å²) in [6, 6.07) is 3.97. The molecule has 4 heteroatoms. The molecule has 0 radical (unpaired) electrons. The summed E-state index contributed by atoms with van der Waals surface area (Å²) in [5.74, 6) is 1.80. The van der Waals surface area contributed by atoms with Crippen LogP contribution in [0.25, 0.3) is 0 Å². The van der Waals surface area contributed by atoms with Gasteiger partial charge in [0.15, 0.2) is 0 Å². The molecular weight excluding hydrogens is 242 g/mol. The lowest BCUT2D eigenvalue weighted by Gasteiger charge is -2.25. The smallest absolute Gasteiger partial charge is 0.139 e. The van der Waals surface area contributed by atoms with E-state index in [1.807, 2.05) is 19.1 Å². The first-order chi connectivity index (χ1) is 8.61. The highest BCUT2D eigenvalue weighted by Gasteiger charge is 2.26. The Morgan fingerprint density at radius 3 is 2.78 bits per heavy atom. The van der Waals surface area contributed by atoms with Crippen molar-refractivity contribution in [1.29, 1.82) is 0 Å². The first-order valence-electron chi connectivity index (χ1n) is 6.64. The van der Waals surface area contributed by atoms with E-state index < -0.39 is 0 Å². The molecule has 18 heavy (non-hydrogen) atoms. The predicted molar refractivity (Wildman–Crippen MR) is 80.1 cm³/mol. The molecule has 0 atom stereocenters. The predicted octanol–water partition coefficient (Wildman–Crippen LogP) is 2.65. The highest BCUT2D eigenvalue weighted by Crippen LogP contribution is 2.32. The molecule has 1 aliphatic carbocycles. The van der Waals surface area contributed by atoms with E-state index >= 15 is 0 Å². The molecule has 1 aromatic heterocycles. The Kier molecular flexibility index (Phi) is 4.17. The van der Waals surface area contributed by atoms with Crippen molar-refractivity contribution in [2.24, 2.45) is 11.7 Å². The molecule has 0 unspecified atom stereocenters. The Morgan fingerprint density at radius 1 is 1.50 bits per heavy atom. The summed E-state index contributed by atoms with van der Waals surface area (Å²) in [6.45, 7) is 6.30. The van der Waals surface area contributed by atoms with Gasteiger partial charge < -0.3 is 10.6 Å². The zero-order valence-corrected chi connectivity index (χ0v) is 12.0. The quantitative estimate of drug-likeness (QED) is 0.801. The Labute approximate surface area is 114 Å². The molecule has 0 aromatic carbocycles. The number of nitrogens with zero attached hydrogens (tertiary/aromatic N) is 2. The van der Waals surface area contributed by atoms with E-state index in [4.69, 9.17) is 18.0 Å². The van der Waals surface area contributed by atoms with E-state index in [9.17, 15) is 0 Å². The number of aryl methyl sites for hydroxylation is 1. The lowest BCUT2D eigenvalue weighted by Crippen LogP contribution is -2.30. The highest BCUT2D eigenvalue weighted by atomic mass is 32.1. The average molecular weight is 263 g/mol. The molecule has 1 fully saturated rings. The van der Waals surface area contributed by atoms with Gasteiger partial charge in [-0.1, -0.05) is 19.1 Å². The third-order valence-electron chi connectivity index (χ3n) is 3.25. The van der Waals surface area contributed by atoms with Crippen LogP contribution in [0.15, 0.2) is 12.1 Å². The average Bonchev–Trinajstić information content (AvgIpc) is 3.12. The number of nitrogens with two attached hydrogens (primary N) is 1. The van der Waals surface area contributed by atoms with E-state index in [-0.39, 0.29) is 0 Å².